The van der Waals surface area contributed by atoms with Gasteiger partial charge < -0.3 is 4.90 Å². The third-order valence-electron chi connectivity index (χ3n) is 5.28. The van der Waals surface area contributed by atoms with Crippen LogP contribution in [-0.4, -0.2) is 42.8 Å². The van der Waals surface area contributed by atoms with E-state index >= 15 is 0 Å². The number of fused-ring (bicyclic) bond motifs is 1. The number of ketones is 1. The highest BCUT2D eigenvalue weighted by molar-refractivity contribution is 7.92. The molecule has 0 aromatic heterocycles. The molecule has 0 saturated heterocycles. The van der Waals surface area contributed by atoms with E-state index in [4.69, 9.17) is 0 Å². The average molecular weight is 493 g/mol. The Hall–Kier alpha value is -2.89. The van der Waals surface area contributed by atoms with E-state index in [2.05, 4.69) is 0 Å². The van der Waals surface area contributed by atoms with Crippen LogP contribution in [0.25, 0.3) is 0 Å². The summed E-state index contributed by atoms with van der Waals surface area (Å²) in [6, 6.07) is 8.40. The van der Waals surface area contributed by atoms with Crippen molar-refractivity contribution in [3.8, 4) is 0 Å². The van der Waals surface area contributed by atoms with E-state index in [1.54, 1.807) is 6.07 Å². The van der Waals surface area contributed by atoms with Crippen molar-refractivity contribution in [2.24, 2.45) is 0 Å². The maximum absolute atomic E-state index is 12.9. The minimum absolute atomic E-state index is 0.0334. The molecule has 2 aromatic carbocycles. The molecule has 12 heteroatoms. The summed E-state index contributed by atoms with van der Waals surface area (Å²) >= 11 is 0. The monoisotopic (exact) mass is 493 g/mol. The molecule has 33 heavy (non-hydrogen) atoms. The van der Waals surface area contributed by atoms with Gasteiger partial charge in [-0.2, -0.15) is 26.3 Å². The molecule has 1 aliphatic rings. The Bertz CT molecular complexity index is 1170. The first-order chi connectivity index (χ1) is 15.2. The minimum Gasteiger partial charge on any atom is -0.338 e. The Labute approximate surface area is 184 Å². The zero-order valence-corrected chi connectivity index (χ0v) is 17.6. The molecule has 3 rings (SSSR count). The molecule has 1 amide bonds. The molecule has 0 N–H and O–H groups in total. The number of rotatable bonds is 5. The molecule has 0 saturated carbocycles. The number of carbonyl (C=O) groups is 2. The van der Waals surface area contributed by atoms with Crippen molar-refractivity contribution >= 4 is 21.5 Å². The van der Waals surface area contributed by atoms with Gasteiger partial charge in [-0.05, 0) is 29.7 Å². The maximum Gasteiger partial charge on any atom is 0.497 e. The van der Waals surface area contributed by atoms with E-state index in [0.29, 0.717) is 11.1 Å². The predicted octanol–water partition coefficient (Wildman–Crippen LogP) is 4.15. The zero-order chi connectivity index (χ0) is 24.6. The molecule has 2 aromatic rings. The van der Waals surface area contributed by atoms with Crippen molar-refractivity contribution in [1.29, 1.82) is 0 Å². The van der Waals surface area contributed by atoms with Gasteiger partial charge in [-0.25, -0.2) is 8.42 Å². The Kier molecular flexibility index (Phi) is 6.60. The van der Waals surface area contributed by atoms with Gasteiger partial charge in [0.1, 0.15) is 0 Å². The molecule has 178 valence electrons. The van der Waals surface area contributed by atoms with Gasteiger partial charge in [0.25, 0.3) is 0 Å². The summed E-state index contributed by atoms with van der Waals surface area (Å²) in [6.45, 7) is 0.0174. The van der Waals surface area contributed by atoms with Crippen molar-refractivity contribution in [1.82, 2.24) is 4.90 Å². The Balaban J connectivity index is 1.75. The molecule has 5 nitrogen and oxygen atoms in total. The first-order valence-electron chi connectivity index (χ1n) is 9.60. The molecule has 0 atom stereocenters. The third-order valence-corrected chi connectivity index (χ3v) is 6.72. The van der Waals surface area contributed by atoms with Crippen LogP contribution in [0.15, 0.2) is 42.5 Å². The Morgan fingerprint density at radius 1 is 0.939 bits per heavy atom. The number of carbonyl (C=O) groups excluding carboxylic acids is 2. The number of sulfone groups is 1. The first-order valence-corrected chi connectivity index (χ1v) is 11.3. The van der Waals surface area contributed by atoms with Gasteiger partial charge in [-0.3, -0.25) is 9.59 Å². The lowest BCUT2D eigenvalue weighted by molar-refractivity contribution is -0.137. The molecular formula is C21H17F6NO4S. The lowest BCUT2D eigenvalue weighted by Gasteiger charge is -2.30. The fourth-order valence-corrected chi connectivity index (χ4v) is 4.17. The van der Waals surface area contributed by atoms with Gasteiger partial charge in [0, 0.05) is 30.6 Å². The van der Waals surface area contributed by atoms with Crippen molar-refractivity contribution < 1.29 is 44.3 Å². The van der Waals surface area contributed by atoms with Gasteiger partial charge >= 0.3 is 11.7 Å². The molecule has 0 bridgehead atoms. The Morgan fingerprint density at radius 2 is 1.58 bits per heavy atom. The normalized spacial score (nSPS) is 14.7. The van der Waals surface area contributed by atoms with Crippen LogP contribution in [0.2, 0.25) is 0 Å². The van der Waals surface area contributed by atoms with Gasteiger partial charge in [0.05, 0.1) is 11.3 Å². The summed E-state index contributed by atoms with van der Waals surface area (Å²) in [5, 5.41) is 0. The molecule has 0 spiro atoms. The fourth-order valence-electron chi connectivity index (χ4n) is 3.50. The number of hydrogen-bond acceptors (Lipinski definition) is 4. The highest BCUT2D eigenvalue weighted by Crippen LogP contribution is 2.30. The standard InChI is InChI=1S/C21H17F6NO4S/c22-20(23,24)15-6-4-13(5-7-15)19(30)17-3-1-2-14-12-28(10-8-16(14)17)18(29)9-11-33(31,32)21(25,26)27/h1-7H,8-12H2. The minimum atomic E-state index is -5.44. The highest BCUT2D eigenvalue weighted by atomic mass is 32.2. The van der Waals surface area contributed by atoms with Crippen LogP contribution < -0.4 is 0 Å². The van der Waals surface area contributed by atoms with Crippen LogP contribution in [0.4, 0.5) is 26.3 Å². The maximum atomic E-state index is 12.9. The lowest BCUT2D eigenvalue weighted by Crippen LogP contribution is -2.38. The largest absolute Gasteiger partial charge is 0.497 e. The SMILES string of the molecule is O=C(c1ccc(C(F)(F)F)cc1)c1cccc2c1CCN(C(=O)CCS(=O)(=O)C(F)(F)F)C2. The van der Waals surface area contributed by atoms with E-state index in [0.717, 1.165) is 24.3 Å². The van der Waals surface area contributed by atoms with Gasteiger partial charge in [0.2, 0.25) is 15.7 Å². The molecule has 0 unspecified atom stereocenters. The summed E-state index contributed by atoms with van der Waals surface area (Å²) in [5.74, 6) is -2.63. The van der Waals surface area contributed by atoms with E-state index < -0.39 is 50.9 Å². The summed E-state index contributed by atoms with van der Waals surface area (Å²) in [4.78, 5) is 26.3. The second-order valence-electron chi connectivity index (χ2n) is 7.43. The number of amides is 1. The third kappa shape index (κ3) is 5.37. The Morgan fingerprint density at radius 3 is 2.15 bits per heavy atom. The molecule has 0 aliphatic carbocycles. The van der Waals surface area contributed by atoms with Crippen LogP contribution >= 0.6 is 0 Å². The lowest BCUT2D eigenvalue weighted by atomic mass is 9.90. The van der Waals surface area contributed by atoms with Crippen LogP contribution in [-0.2, 0) is 33.8 Å². The fraction of sp³-hybridized carbons (Fsp3) is 0.333. The van der Waals surface area contributed by atoms with Gasteiger partial charge in [0.15, 0.2) is 5.78 Å². The van der Waals surface area contributed by atoms with Crippen molar-refractivity contribution in [3.63, 3.8) is 0 Å². The number of alkyl halides is 6. The van der Waals surface area contributed by atoms with Crippen LogP contribution in [0.3, 0.4) is 0 Å². The van der Waals surface area contributed by atoms with Crippen LogP contribution in [0.1, 0.15) is 39.0 Å². The number of nitrogens with zero attached hydrogens (tertiary/aromatic N) is 1. The van der Waals surface area contributed by atoms with E-state index in [-0.39, 0.29) is 30.6 Å². The molecular weight excluding hydrogens is 476 g/mol. The molecule has 1 heterocycles. The van der Waals surface area contributed by atoms with Crippen LogP contribution in [0, 0.1) is 0 Å². The summed E-state index contributed by atoms with van der Waals surface area (Å²) < 4.78 is 98.0. The van der Waals surface area contributed by atoms with Gasteiger partial charge in [-0.15, -0.1) is 0 Å². The second kappa shape index (κ2) is 8.81. The topological polar surface area (TPSA) is 71.5 Å². The molecule has 0 fully saturated rings. The first kappa shape index (κ1) is 24.7. The number of hydrogen-bond donors (Lipinski definition) is 0. The van der Waals surface area contributed by atoms with E-state index in [1.807, 2.05) is 0 Å². The van der Waals surface area contributed by atoms with E-state index in [9.17, 15) is 44.3 Å². The quantitative estimate of drug-likeness (QED) is 0.464. The smallest absolute Gasteiger partial charge is 0.338 e. The zero-order valence-electron chi connectivity index (χ0n) is 16.8. The van der Waals surface area contributed by atoms with Crippen molar-refractivity contribution in [3.05, 3.63) is 70.3 Å². The van der Waals surface area contributed by atoms with Crippen molar-refractivity contribution in [2.75, 3.05) is 12.3 Å². The van der Waals surface area contributed by atoms with Gasteiger partial charge in [-0.1, -0.05) is 30.3 Å². The number of benzene rings is 2. The van der Waals surface area contributed by atoms with Crippen LogP contribution in [0.5, 0.6) is 0 Å². The predicted molar refractivity (Wildman–Crippen MR) is 105 cm³/mol. The number of halogens is 6. The summed E-state index contributed by atoms with van der Waals surface area (Å²) in [5.41, 5.74) is -4.91. The van der Waals surface area contributed by atoms with Crippen molar-refractivity contribution in [2.45, 2.75) is 31.1 Å². The second-order valence-corrected chi connectivity index (χ2v) is 9.53. The average Bonchev–Trinajstić information content (AvgIpc) is 2.75. The molecule has 1 aliphatic heterocycles. The summed E-state index contributed by atoms with van der Waals surface area (Å²) in [6.07, 6.45) is -5.19. The highest BCUT2D eigenvalue weighted by Gasteiger charge is 2.45. The van der Waals surface area contributed by atoms with E-state index in [1.165, 1.54) is 17.0 Å². The molecule has 0 radical (unpaired) electrons. The summed E-state index contributed by atoms with van der Waals surface area (Å²) in [7, 11) is -5.42.